The zero-order valence-electron chi connectivity index (χ0n) is 32.0. The van der Waals surface area contributed by atoms with Crippen LogP contribution in [0.25, 0.3) is 22.6 Å². The molecule has 0 unspecified atom stereocenters. The number of benzene rings is 2. The number of carbonyl (C=O) groups excluding carboxylic acids is 3. The van der Waals surface area contributed by atoms with Crippen molar-refractivity contribution in [2.75, 3.05) is 18.9 Å². The van der Waals surface area contributed by atoms with E-state index in [-0.39, 0.29) is 36.6 Å². The van der Waals surface area contributed by atoms with Crippen LogP contribution < -0.4 is 21.1 Å². The molecule has 3 aromatic heterocycles. The van der Waals surface area contributed by atoms with E-state index in [0.29, 0.717) is 56.4 Å². The predicted octanol–water partition coefficient (Wildman–Crippen LogP) is 6.35. The van der Waals surface area contributed by atoms with Crippen LogP contribution in [-0.4, -0.2) is 68.8 Å². The van der Waals surface area contributed by atoms with Gasteiger partial charge in [-0.15, -0.1) is 0 Å². The number of alkyl carbamates (subject to hydrolysis) is 1. The highest BCUT2D eigenvalue weighted by molar-refractivity contribution is 7.98. The number of nitrogens with zero attached hydrogens (tertiary/aromatic N) is 5. The second kappa shape index (κ2) is 19.5. The summed E-state index contributed by atoms with van der Waals surface area (Å²) in [6, 6.07) is 16.1. The zero-order valence-corrected chi connectivity index (χ0v) is 33.6. The second-order valence-corrected chi connectivity index (χ2v) is 15.1. The van der Waals surface area contributed by atoms with Gasteiger partial charge in [0, 0.05) is 46.6 Å². The molecule has 300 valence electrons. The molecular weight excluding hydrogens is 786 g/mol. The SMILES string of the molecule is C[C@H](NC(=O)[C@H](Cc1cnc[nH]1)NC(=O)OC(C)(C)C)C(=O)OCCCOc1ccc(-c2c(C#N)c(N)nc(SCc3coc(-c4ccc(Cl)cc4)n3)c2C#N)cc1. The van der Waals surface area contributed by atoms with Gasteiger partial charge >= 0.3 is 12.1 Å². The van der Waals surface area contributed by atoms with Gasteiger partial charge in [-0.25, -0.2) is 24.5 Å². The van der Waals surface area contributed by atoms with Crippen molar-refractivity contribution >= 4 is 47.2 Å². The van der Waals surface area contributed by atoms with Gasteiger partial charge in [-0.3, -0.25) is 4.79 Å². The molecule has 0 aliphatic carbocycles. The summed E-state index contributed by atoms with van der Waals surface area (Å²) in [4.78, 5) is 53.9. The fraction of sp³-hybridized carbons (Fsp3) is 0.300. The number of imidazole rings is 1. The highest BCUT2D eigenvalue weighted by Crippen LogP contribution is 2.37. The van der Waals surface area contributed by atoms with E-state index in [9.17, 15) is 24.9 Å². The fourth-order valence-corrected chi connectivity index (χ4v) is 6.34. The Balaban J connectivity index is 1.13. The number of esters is 1. The molecule has 2 aromatic carbocycles. The van der Waals surface area contributed by atoms with E-state index >= 15 is 0 Å². The van der Waals surface area contributed by atoms with Crippen molar-refractivity contribution in [1.29, 1.82) is 10.5 Å². The number of amides is 2. The van der Waals surface area contributed by atoms with E-state index in [0.717, 1.165) is 5.56 Å². The number of rotatable bonds is 16. The Kier molecular flexibility index (Phi) is 14.3. The van der Waals surface area contributed by atoms with Crippen LogP contribution in [0.4, 0.5) is 10.6 Å². The molecule has 0 aliphatic rings. The quantitative estimate of drug-likeness (QED) is 0.0481. The number of H-pyrrole nitrogens is 1. The van der Waals surface area contributed by atoms with Crippen molar-refractivity contribution in [1.82, 2.24) is 30.6 Å². The van der Waals surface area contributed by atoms with Gasteiger partial charge in [0.05, 0.1) is 30.8 Å². The molecule has 0 saturated heterocycles. The number of hydrogen-bond acceptors (Lipinski definition) is 14. The third kappa shape index (κ3) is 11.7. The number of ether oxygens (including phenoxy) is 3. The summed E-state index contributed by atoms with van der Waals surface area (Å²) in [6.45, 7) is 6.78. The second-order valence-electron chi connectivity index (χ2n) is 13.7. The number of aromatic nitrogens is 4. The number of nitriles is 2. The number of thioether (sulfide) groups is 1. The first kappa shape index (κ1) is 42.6. The van der Waals surface area contributed by atoms with Crippen LogP contribution >= 0.6 is 23.4 Å². The molecule has 0 saturated carbocycles. The number of nitrogens with one attached hydrogen (secondary N) is 3. The van der Waals surface area contributed by atoms with Crippen LogP contribution in [-0.2, 0) is 31.2 Å². The molecular formula is C40H40ClN9O7S. The number of anilines is 1. The first-order valence-corrected chi connectivity index (χ1v) is 19.2. The van der Waals surface area contributed by atoms with Gasteiger partial charge in [0.25, 0.3) is 0 Å². The van der Waals surface area contributed by atoms with Crippen LogP contribution in [0, 0.1) is 22.7 Å². The minimum Gasteiger partial charge on any atom is -0.493 e. The third-order valence-electron chi connectivity index (χ3n) is 8.06. The van der Waals surface area contributed by atoms with Gasteiger partial charge in [0.15, 0.2) is 0 Å². The lowest BCUT2D eigenvalue weighted by Gasteiger charge is -2.24. The van der Waals surface area contributed by atoms with E-state index in [2.05, 4.69) is 42.7 Å². The summed E-state index contributed by atoms with van der Waals surface area (Å²) in [5.74, 6) is -0.0677. The van der Waals surface area contributed by atoms with E-state index < -0.39 is 35.7 Å². The molecule has 5 N–H and O–H groups in total. The number of halogens is 1. The Labute approximate surface area is 343 Å². The molecule has 18 heteroatoms. The molecule has 2 atom stereocenters. The number of aromatic amines is 1. The molecule has 0 fully saturated rings. The summed E-state index contributed by atoms with van der Waals surface area (Å²) in [5, 5.41) is 26.2. The Morgan fingerprint density at radius 1 is 1.00 bits per heavy atom. The van der Waals surface area contributed by atoms with E-state index in [1.807, 2.05) is 0 Å². The number of pyridine rings is 1. The fourth-order valence-electron chi connectivity index (χ4n) is 5.34. The number of nitrogens with two attached hydrogens (primary N) is 1. The Morgan fingerprint density at radius 2 is 1.71 bits per heavy atom. The van der Waals surface area contributed by atoms with Crippen molar-refractivity contribution < 1.29 is 33.0 Å². The molecule has 0 radical (unpaired) electrons. The van der Waals surface area contributed by atoms with E-state index in [1.165, 1.54) is 37.5 Å². The van der Waals surface area contributed by atoms with Crippen LogP contribution in [0.15, 0.2) is 76.8 Å². The summed E-state index contributed by atoms with van der Waals surface area (Å²) in [7, 11) is 0. The maximum Gasteiger partial charge on any atom is 0.408 e. The average molecular weight is 826 g/mol. The van der Waals surface area contributed by atoms with Crippen LogP contribution in [0.1, 0.15) is 56.6 Å². The molecule has 0 spiro atoms. The summed E-state index contributed by atoms with van der Waals surface area (Å²) in [6.07, 6.45) is 4.13. The lowest BCUT2D eigenvalue weighted by molar-refractivity contribution is -0.147. The third-order valence-corrected chi connectivity index (χ3v) is 9.32. The normalized spacial score (nSPS) is 12.1. The molecule has 58 heavy (non-hydrogen) atoms. The summed E-state index contributed by atoms with van der Waals surface area (Å²) >= 11 is 7.22. The molecule has 5 rings (SSSR count). The molecule has 2 amide bonds. The van der Waals surface area contributed by atoms with Gasteiger partial charge in [-0.1, -0.05) is 35.5 Å². The molecule has 0 aliphatic heterocycles. The number of nitrogen functional groups attached to an aromatic ring is 1. The van der Waals surface area contributed by atoms with Gasteiger partial charge < -0.3 is 40.0 Å². The Morgan fingerprint density at radius 3 is 2.36 bits per heavy atom. The lowest BCUT2D eigenvalue weighted by Crippen LogP contribution is -2.52. The van der Waals surface area contributed by atoms with E-state index in [1.54, 1.807) is 69.3 Å². The highest BCUT2D eigenvalue weighted by Gasteiger charge is 2.28. The van der Waals surface area contributed by atoms with Gasteiger partial charge in [-0.2, -0.15) is 10.5 Å². The first-order valence-electron chi connectivity index (χ1n) is 17.9. The predicted molar refractivity (Wildman–Crippen MR) is 214 cm³/mol. The van der Waals surface area contributed by atoms with E-state index in [4.69, 9.17) is 36.0 Å². The van der Waals surface area contributed by atoms with Crippen molar-refractivity contribution in [3.8, 4) is 40.5 Å². The standard InChI is InChI=1S/C40H40ClN9O7S/c1-23(47-35(51)32(16-27-19-45-22-46-27)49-39(53)57-40(2,3)4)38(52)55-15-5-14-54-29-12-8-24(9-13-29)33-30(17-42)34(44)50-37(31(33)18-43)58-21-28-20-56-36(48-28)25-6-10-26(41)11-7-25/h6-13,19-20,22-23,32H,5,14-16,21H2,1-4H3,(H2,44,50)(H,45,46)(H,47,51)(H,49,53)/t23-,32-/m0/s1. The monoisotopic (exact) mass is 825 g/mol. The van der Waals surface area contributed by atoms with Gasteiger partial charge in [-0.05, 0) is 69.7 Å². The topological polar surface area (TPSA) is 244 Å². The van der Waals surface area contributed by atoms with Crippen LogP contribution in [0.3, 0.4) is 0 Å². The largest absolute Gasteiger partial charge is 0.493 e. The lowest BCUT2D eigenvalue weighted by atomic mass is 9.97. The van der Waals surface area contributed by atoms with Gasteiger partial charge in [0.1, 0.15) is 58.2 Å². The van der Waals surface area contributed by atoms with Crippen LogP contribution in [0.2, 0.25) is 5.02 Å². The van der Waals surface area contributed by atoms with Crippen molar-refractivity contribution in [2.24, 2.45) is 0 Å². The Bertz CT molecular complexity index is 2300. The smallest absolute Gasteiger partial charge is 0.408 e. The van der Waals surface area contributed by atoms with Crippen LogP contribution in [0.5, 0.6) is 5.75 Å². The minimum absolute atomic E-state index is 0.00936. The maximum atomic E-state index is 13.1. The summed E-state index contributed by atoms with van der Waals surface area (Å²) < 4.78 is 22.1. The van der Waals surface area contributed by atoms with Crippen molar-refractivity contribution in [2.45, 2.75) is 69.0 Å². The Hall–Kier alpha value is -6.56. The number of carbonyl (C=O) groups is 3. The number of oxazole rings is 1. The van der Waals surface area contributed by atoms with Crippen molar-refractivity contribution in [3.63, 3.8) is 0 Å². The number of hydrogen-bond donors (Lipinski definition) is 4. The molecule has 16 nitrogen and oxygen atoms in total. The molecule has 0 bridgehead atoms. The maximum absolute atomic E-state index is 13.1. The molecule has 5 aromatic rings. The summed E-state index contributed by atoms with van der Waals surface area (Å²) in [5.41, 5.74) is 8.55. The van der Waals surface area contributed by atoms with Gasteiger partial charge in [0.2, 0.25) is 11.8 Å². The average Bonchev–Trinajstić information content (AvgIpc) is 3.89. The minimum atomic E-state index is -1.05. The first-order chi connectivity index (χ1) is 27.7. The highest BCUT2D eigenvalue weighted by atomic mass is 35.5. The zero-order chi connectivity index (χ0) is 41.8. The van der Waals surface area contributed by atoms with Crippen molar-refractivity contribution in [3.05, 3.63) is 94.9 Å². The molecule has 3 heterocycles.